The molecule has 0 aliphatic carbocycles. The highest BCUT2D eigenvalue weighted by atomic mass is 16.5. The molecule has 1 fully saturated rings. The van der Waals surface area contributed by atoms with Gasteiger partial charge in [-0.05, 0) is 30.5 Å². The summed E-state index contributed by atoms with van der Waals surface area (Å²) in [4.78, 5) is 14.7. The minimum Gasteiger partial charge on any atom is -0.468 e. The van der Waals surface area contributed by atoms with Gasteiger partial charge in [-0.15, -0.1) is 0 Å². The number of likely N-dealkylation sites (tertiary alicyclic amines) is 1. The van der Waals surface area contributed by atoms with Crippen molar-refractivity contribution in [1.82, 2.24) is 4.90 Å². The number of rotatable bonds is 4. The molecule has 2 aromatic rings. The molecule has 22 heavy (non-hydrogen) atoms. The Hall–Kier alpha value is -2.13. The van der Waals surface area contributed by atoms with Gasteiger partial charge in [-0.1, -0.05) is 60.7 Å². The smallest absolute Gasteiger partial charge is 0.327 e. The first-order valence-electron chi connectivity index (χ1n) is 7.74. The fraction of sp³-hybridized carbons (Fsp3) is 0.316. The minimum atomic E-state index is -0.334. The average Bonchev–Trinajstić information content (AvgIpc) is 3.06. The summed E-state index contributed by atoms with van der Waals surface area (Å²) in [6.45, 7) is 0.911. The zero-order valence-corrected chi connectivity index (χ0v) is 12.8. The van der Waals surface area contributed by atoms with Crippen molar-refractivity contribution >= 4 is 5.97 Å². The molecule has 0 unspecified atom stereocenters. The van der Waals surface area contributed by atoms with Gasteiger partial charge in [0, 0.05) is 6.04 Å². The van der Waals surface area contributed by atoms with Gasteiger partial charge in [-0.2, -0.15) is 0 Å². The van der Waals surface area contributed by atoms with Crippen LogP contribution >= 0.6 is 0 Å². The number of methoxy groups -OCH3 is 1. The molecule has 0 amide bonds. The fourth-order valence-corrected chi connectivity index (χ4v) is 3.34. The fourth-order valence-electron chi connectivity index (χ4n) is 3.34. The maximum Gasteiger partial charge on any atom is 0.327 e. The molecule has 1 aliphatic rings. The Morgan fingerprint density at radius 3 is 2.36 bits per heavy atom. The van der Waals surface area contributed by atoms with Crippen LogP contribution in [0, 0.1) is 0 Å². The maximum atomic E-state index is 12.4. The molecule has 2 atom stereocenters. The molecule has 2 aromatic carbocycles. The van der Waals surface area contributed by atoms with E-state index >= 15 is 0 Å². The van der Waals surface area contributed by atoms with Crippen molar-refractivity contribution in [3.63, 3.8) is 0 Å². The molecular formula is C19H21NO2. The second kappa shape index (κ2) is 6.75. The van der Waals surface area contributed by atoms with Gasteiger partial charge in [-0.3, -0.25) is 4.90 Å². The summed E-state index contributed by atoms with van der Waals surface area (Å²) < 4.78 is 5.08. The van der Waals surface area contributed by atoms with Gasteiger partial charge in [0.25, 0.3) is 0 Å². The van der Waals surface area contributed by atoms with Gasteiger partial charge in [0.2, 0.25) is 0 Å². The number of ether oxygens (including phenoxy) is 1. The van der Waals surface area contributed by atoms with Gasteiger partial charge >= 0.3 is 5.97 Å². The number of benzene rings is 2. The number of carbonyl (C=O) groups excluding carboxylic acids is 1. The third-order valence-corrected chi connectivity index (χ3v) is 4.35. The lowest BCUT2D eigenvalue weighted by molar-refractivity contribution is -0.147. The Morgan fingerprint density at radius 1 is 1.09 bits per heavy atom. The van der Waals surface area contributed by atoms with E-state index in [0.717, 1.165) is 24.9 Å². The highest BCUT2D eigenvalue weighted by Gasteiger charge is 2.37. The summed E-state index contributed by atoms with van der Waals surface area (Å²) in [5.74, 6) is -0.186. The third-order valence-electron chi connectivity index (χ3n) is 4.35. The number of hydrogen-bond acceptors (Lipinski definition) is 3. The molecule has 0 N–H and O–H groups in total. The van der Waals surface area contributed by atoms with Crippen LogP contribution in [0.5, 0.6) is 0 Å². The van der Waals surface area contributed by atoms with Crippen LogP contribution in [-0.4, -0.2) is 24.5 Å². The topological polar surface area (TPSA) is 29.5 Å². The zero-order valence-electron chi connectivity index (χ0n) is 12.8. The van der Waals surface area contributed by atoms with Crippen molar-refractivity contribution in [2.24, 2.45) is 0 Å². The molecule has 1 aliphatic heterocycles. The average molecular weight is 295 g/mol. The van der Waals surface area contributed by atoms with Crippen molar-refractivity contribution in [2.75, 3.05) is 13.7 Å². The third kappa shape index (κ3) is 2.90. The first-order chi connectivity index (χ1) is 10.8. The maximum absolute atomic E-state index is 12.4. The number of carbonyl (C=O) groups is 1. The Kier molecular flexibility index (Phi) is 4.54. The van der Waals surface area contributed by atoms with Crippen LogP contribution in [-0.2, 0) is 9.53 Å². The highest BCUT2D eigenvalue weighted by Crippen LogP contribution is 2.39. The number of hydrogen-bond donors (Lipinski definition) is 0. The Labute approximate surface area is 131 Å². The molecule has 0 aromatic heterocycles. The molecule has 1 saturated heterocycles. The van der Waals surface area contributed by atoms with E-state index in [1.165, 1.54) is 12.7 Å². The van der Waals surface area contributed by atoms with Gasteiger partial charge in [0.05, 0.1) is 7.11 Å². The zero-order chi connectivity index (χ0) is 15.4. The van der Waals surface area contributed by atoms with Crippen LogP contribution < -0.4 is 0 Å². The van der Waals surface area contributed by atoms with Crippen molar-refractivity contribution in [2.45, 2.75) is 24.9 Å². The van der Waals surface area contributed by atoms with E-state index in [-0.39, 0.29) is 18.1 Å². The summed E-state index contributed by atoms with van der Waals surface area (Å²) in [6.07, 6.45) is 2.17. The Morgan fingerprint density at radius 2 is 1.73 bits per heavy atom. The molecule has 114 valence electrons. The van der Waals surface area contributed by atoms with Crippen molar-refractivity contribution < 1.29 is 9.53 Å². The molecule has 0 spiro atoms. The van der Waals surface area contributed by atoms with E-state index < -0.39 is 0 Å². The van der Waals surface area contributed by atoms with Crippen molar-refractivity contribution in [3.05, 3.63) is 71.8 Å². The van der Waals surface area contributed by atoms with E-state index in [0.29, 0.717) is 0 Å². The van der Waals surface area contributed by atoms with Crippen LogP contribution in [0.1, 0.15) is 36.1 Å². The SMILES string of the molecule is COC(=O)[C@H](c1ccccc1)N1CCC[C@@H]1c1ccccc1. The normalized spacial score (nSPS) is 19.8. The molecule has 3 nitrogen and oxygen atoms in total. The lowest BCUT2D eigenvalue weighted by Gasteiger charge is -2.31. The molecule has 0 radical (unpaired) electrons. The first-order valence-corrected chi connectivity index (χ1v) is 7.74. The van der Waals surface area contributed by atoms with Crippen LogP contribution in [0.25, 0.3) is 0 Å². The molecule has 0 bridgehead atoms. The molecular weight excluding hydrogens is 274 g/mol. The van der Waals surface area contributed by atoms with E-state index in [1.54, 1.807) is 0 Å². The van der Waals surface area contributed by atoms with Crippen LogP contribution in [0.2, 0.25) is 0 Å². The second-order valence-corrected chi connectivity index (χ2v) is 5.64. The molecule has 1 heterocycles. The number of nitrogens with zero attached hydrogens (tertiary/aromatic N) is 1. The van der Waals surface area contributed by atoms with Crippen molar-refractivity contribution in [3.8, 4) is 0 Å². The number of esters is 1. The predicted molar refractivity (Wildman–Crippen MR) is 86.3 cm³/mol. The van der Waals surface area contributed by atoms with Gasteiger partial charge in [0.1, 0.15) is 6.04 Å². The van der Waals surface area contributed by atoms with E-state index in [1.807, 2.05) is 36.4 Å². The summed E-state index contributed by atoms with van der Waals surface area (Å²) in [7, 11) is 1.46. The molecule has 3 heteroatoms. The lowest BCUT2D eigenvalue weighted by Crippen LogP contribution is -2.34. The van der Waals surface area contributed by atoms with Crippen LogP contribution in [0.3, 0.4) is 0 Å². The standard InChI is InChI=1S/C19H21NO2/c1-22-19(21)18(16-11-6-3-7-12-16)20-14-8-13-17(20)15-9-4-2-5-10-15/h2-7,9-12,17-18H,8,13-14H2,1H3/t17-,18+/m1/s1. The first kappa shape index (κ1) is 14.8. The van der Waals surface area contributed by atoms with E-state index in [9.17, 15) is 4.79 Å². The Balaban J connectivity index is 1.95. The predicted octanol–water partition coefficient (Wildman–Crippen LogP) is 3.74. The van der Waals surface area contributed by atoms with Gasteiger partial charge < -0.3 is 4.74 Å². The molecule has 3 rings (SSSR count). The highest BCUT2D eigenvalue weighted by molar-refractivity contribution is 5.77. The summed E-state index contributed by atoms with van der Waals surface area (Å²) >= 11 is 0. The second-order valence-electron chi connectivity index (χ2n) is 5.64. The summed E-state index contributed by atoms with van der Waals surface area (Å²) in [5, 5.41) is 0. The van der Waals surface area contributed by atoms with Gasteiger partial charge in [0.15, 0.2) is 0 Å². The van der Waals surface area contributed by atoms with Crippen molar-refractivity contribution in [1.29, 1.82) is 0 Å². The lowest BCUT2D eigenvalue weighted by atomic mass is 10.0. The monoisotopic (exact) mass is 295 g/mol. The van der Waals surface area contributed by atoms with E-state index in [4.69, 9.17) is 4.74 Å². The Bertz CT molecular complexity index is 612. The largest absolute Gasteiger partial charge is 0.468 e. The van der Waals surface area contributed by atoms with Crippen LogP contribution in [0.4, 0.5) is 0 Å². The van der Waals surface area contributed by atoms with Gasteiger partial charge in [-0.25, -0.2) is 4.79 Å². The van der Waals surface area contributed by atoms with Crippen LogP contribution in [0.15, 0.2) is 60.7 Å². The van der Waals surface area contributed by atoms with E-state index in [2.05, 4.69) is 29.2 Å². The minimum absolute atomic E-state index is 0.186. The molecule has 0 saturated carbocycles. The quantitative estimate of drug-likeness (QED) is 0.805. The summed E-state index contributed by atoms with van der Waals surface area (Å²) in [5.41, 5.74) is 2.27. The summed E-state index contributed by atoms with van der Waals surface area (Å²) in [6, 6.07) is 20.3.